The number of nitriles is 1. The first-order valence-corrected chi connectivity index (χ1v) is 6.77. The van der Waals surface area contributed by atoms with E-state index in [4.69, 9.17) is 5.26 Å². The average Bonchev–Trinajstić information content (AvgIpc) is 2.41. The first-order chi connectivity index (χ1) is 8.31. The van der Waals surface area contributed by atoms with Gasteiger partial charge < -0.3 is 4.79 Å². The second-order valence-corrected chi connectivity index (χ2v) is 4.44. The molecule has 0 spiro atoms. The minimum absolute atomic E-state index is 0.119. The summed E-state index contributed by atoms with van der Waals surface area (Å²) < 4.78 is 0. The van der Waals surface area contributed by atoms with E-state index in [0.29, 0.717) is 12.0 Å². The minimum Gasteiger partial charge on any atom is -0.303 e. The van der Waals surface area contributed by atoms with Gasteiger partial charge in [0.1, 0.15) is 12.4 Å². The van der Waals surface area contributed by atoms with Crippen LogP contribution in [0.2, 0.25) is 0 Å². The molecule has 1 aromatic rings. The number of hydrogen-bond donors (Lipinski definition) is 0. The van der Waals surface area contributed by atoms with Gasteiger partial charge in [-0.05, 0) is 17.4 Å². The van der Waals surface area contributed by atoms with E-state index < -0.39 is 0 Å². The lowest BCUT2D eigenvalue weighted by Crippen LogP contribution is -1.97. The van der Waals surface area contributed by atoms with Gasteiger partial charge in [-0.15, -0.1) is 0 Å². The van der Waals surface area contributed by atoms with Gasteiger partial charge in [0.2, 0.25) is 0 Å². The van der Waals surface area contributed by atoms with Gasteiger partial charge in [-0.25, -0.2) is 0 Å². The quantitative estimate of drug-likeness (QED) is 0.752. The third kappa shape index (κ3) is 5.50. The van der Waals surface area contributed by atoms with Crippen LogP contribution in [0, 0.1) is 11.3 Å². The summed E-state index contributed by atoms with van der Waals surface area (Å²) in [5, 5.41) is 8.86. The Morgan fingerprint density at radius 3 is 2.76 bits per heavy atom. The molecule has 1 rings (SSSR count). The number of rotatable bonds is 5. The zero-order valence-electron chi connectivity index (χ0n) is 10.5. The molecule has 0 aliphatic heterocycles. The van der Waals surface area contributed by atoms with Crippen LogP contribution in [0.4, 0.5) is 0 Å². The molecule has 1 aromatic heterocycles. The van der Waals surface area contributed by atoms with E-state index in [1.54, 1.807) is 24.0 Å². The molecule has 17 heavy (non-hydrogen) atoms. The van der Waals surface area contributed by atoms with Crippen molar-refractivity contribution in [1.82, 2.24) is 4.98 Å². The van der Waals surface area contributed by atoms with Crippen LogP contribution in [0.15, 0.2) is 18.5 Å². The molecule has 3 nitrogen and oxygen atoms in total. The van der Waals surface area contributed by atoms with Crippen molar-refractivity contribution in [3.8, 4) is 6.07 Å². The lowest BCUT2D eigenvalue weighted by Gasteiger charge is -2.12. The van der Waals surface area contributed by atoms with Crippen molar-refractivity contribution in [2.24, 2.45) is 0 Å². The number of hydrogen-bond acceptors (Lipinski definition) is 4. The number of carbonyl (C=O) groups is 1. The fourth-order valence-corrected chi connectivity index (χ4v) is 2.22. The number of pyridine rings is 1. The van der Waals surface area contributed by atoms with Crippen molar-refractivity contribution < 1.29 is 4.79 Å². The van der Waals surface area contributed by atoms with E-state index in [2.05, 4.69) is 4.98 Å². The third-order valence-electron chi connectivity index (χ3n) is 1.94. The number of aldehydes is 1. The molecule has 0 fully saturated rings. The zero-order valence-corrected chi connectivity index (χ0v) is 11.3. The van der Waals surface area contributed by atoms with E-state index in [1.807, 2.05) is 26.8 Å². The molecule has 0 aromatic carbocycles. The number of nitrogens with zero attached hydrogens (tertiary/aromatic N) is 2. The predicted molar refractivity (Wildman–Crippen MR) is 71.9 cm³/mol. The van der Waals surface area contributed by atoms with E-state index in [0.717, 1.165) is 17.6 Å². The molecule has 1 atom stereocenters. The van der Waals surface area contributed by atoms with Crippen LogP contribution in [-0.2, 0) is 4.79 Å². The molecule has 0 amide bonds. The number of aromatic nitrogens is 1. The second-order valence-electron chi connectivity index (χ2n) is 2.97. The van der Waals surface area contributed by atoms with Crippen LogP contribution < -0.4 is 0 Å². The number of carbonyl (C=O) groups excluding carboxylic acids is 1. The summed E-state index contributed by atoms with van der Waals surface area (Å²) in [7, 11) is 0. The highest BCUT2D eigenvalue weighted by atomic mass is 32.2. The Kier molecular flexibility index (Phi) is 9.08. The molecule has 0 aliphatic rings. The summed E-state index contributed by atoms with van der Waals surface area (Å²) in [6.07, 6.45) is 4.62. The molecule has 0 radical (unpaired) electrons. The van der Waals surface area contributed by atoms with Gasteiger partial charge in [-0.1, -0.05) is 20.8 Å². The van der Waals surface area contributed by atoms with Crippen molar-refractivity contribution in [1.29, 1.82) is 5.26 Å². The smallest absolute Gasteiger partial charge is 0.121 e. The Morgan fingerprint density at radius 1 is 1.53 bits per heavy atom. The van der Waals surface area contributed by atoms with Gasteiger partial charge in [0, 0.05) is 24.1 Å². The second kappa shape index (κ2) is 9.86. The molecule has 92 valence electrons. The Labute approximate surface area is 107 Å². The molecule has 0 N–H and O–H groups in total. The topological polar surface area (TPSA) is 53.8 Å². The highest BCUT2D eigenvalue weighted by molar-refractivity contribution is 7.99. The van der Waals surface area contributed by atoms with Crippen LogP contribution in [0.3, 0.4) is 0 Å². The maximum absolute atomic E-state index is 10.5. The highest BCUT2D eigenvalue weighted by Crippen LogP contribution is 2.30. The molecule has 0 saturated carbocycles. The molecule has 4 heteroatoms. The van der Waals surface area contributed by atoms with E-state index in [1.165, 1.54) is 6.20 Å². The first-order valence-electron chi connectivity index (χ1n) is 5.72. The third-order valence-corrected chi connectivity index (χ3v) is 3.14. The summed E-state index contributed by atoms with van der Waals surface area (Å²) in [4.78, 5) is 14.5. The van der Waals surface area contributed by atoms with Crippen LogP contribution in [0.1, 0.15) is 43.6 Å². The fraction of sp³-hybridized carbons (Fsp3) is 0.462. The van der Waals surface area contributed by atoms with Crippen LogP contribution in [0.25, 0.3) is 0 Å². The molecule has 1 heterocycles. The average molecular weight is 250 g/mol. The normalized spacial score (nSPS) is 10.7. The predicted octanol–water partition coefficient (Wildman–Crippen LogP) is 3.36. The molecule has 0 saturated heterocycles. The summed E-state index contributed by atoms with van der Waals surface area (Å²) in [5.74, 6) is 0.940. The van der Waals surface area contributed by atoms with Crippen LogP contribution >= 0.6 is 11.8 Å². The summed E-state index contributed by atoms with van der Waals surface area (Å²) >= 11 is 1.69. The fourth-order valence-electron chi connectivity index (χ4n) is 1.28. The van der Waals surface area contributed by atoms with Gasteiger partial charge in [-0.2, -0.15) is 17.0 Å². The van der Waals surface area contributed by atoms with Crippen molar-refractivity contribution >= 4 is 18.0 Å². The lowest BCUT2D eigenvalue weighted by atomic mass is 10.1. The highest BCUT2D eigenvalue weighted by Gasteiger charge is 2.11. The number of thioether (sulfide) groups is 1. The Balaban J connectivity index is 0.00000121. The monoisotopic (exact) mass is 250 g/mol. The summed E-state index contributed by atoms with van der Waals surface area (Å²) in [5.41, 5.74) is 1.49. The summed E-state index contributed by atoms with van der Waals surface area (Å²) in [6.45, 7) is 6.05. The largest absolute Gasteiger partial charge is 0.303 e. The van der Waals surface area contributed by atoms with Gasteiger partial charge in [-0.3, -0.25) is 4.98 Å². The van der Waals surface area contributed by atoms with Gasteiger partial charge in [0.05, 0.1) is 5.56 Å². The van der Waals surface area contributed by atoms with E-state index >= 15 is 0 Å². The maximum Gasteiger partial charge on any atom is 0.121 e. The van der Waals surface area contributed by atoms with E-state index in [9.17, 15) is 4.79 Å². The Bertz CT molecular complexity index is 374. The first kappa shape index (κ1) is 15.7. The van der Waals surface area contributed by atoms with Crippen molar-refractivity contribution in [3.63, 3.8) is 0 Å². The molecular weight excluding hydrogens is 232 g/mol. The molecular formula is C13H18N2OS. The molecule has 0 bridgehead atoms. The molecule has 1 unspecified atom stereocenters. The maximum atomic E-state index is 10.5. The lowest BCUT2D eigenvalue weighted by molar-refractivity contribution is -0.107. The minimum atomic E-state index is 0.119. The van der Waals surface area contributed by atoms with Gasteiger partial charge in [0.25, 0.3) is 0 Å². The van der Waals surface area contributed by atoms with Crippen molar-refractivity contribution in [2.45, 2.75) is 32.4 Å². The summed E-state index contributed by atoms with van der Waals surface area (Å²) in [6, 6.07) is 3.84. The van der Waals surface area contributed by atoms with Crippen molar-refractivity contribution in [2.75, 3.05) is 5.75 Å². The Morgan fingerprint density at radius 2 is 2.24 bits per heavy atom. The SMILES string of the molecule is CC.CCSC(CC=O)c1cncc(C#N)c1. The van der Waals surface area contributed by atoms with Gasteiger partial charge in [0.15, 0.2) is 0 Å². The van der Waals surface area contributed by atoms with E-state index in [-0.39, 0.29) is 5.25 Å². The molecule has 0 aliphatic carbocycles. The van der Waals surface area contributed by atoms with Crippen LogP contribution in [-0.4, -0.2) is 17.0 Å². The Hall–Kier alpha value is -1.34. The standard InChI is InChI=1S/C11H12N2OS.C2H6/c1-2-15-11(3-4-14)10-5-9(6-12)7-13-8-10;1-2/h4-5,7-8,11H,2-3H2,1H3;1-2H3. The van der Waals surface area contributed by atoms with Crippen LogP contribution in [0.5, 0.6) is 0 Å². The van der Waals surface area contributed by atoms with Gasteiger partial charge >= 0.3 is 0 Å². The zero-order chi connectivity index (χ0) is 13.1. The van der Waals surface area contributed by atoms with Crippen molar-refractivity contribution in [3.05, 3.63) is 29.6 Å².